The van der Waals surface area contributed by atoms with Crippen molar-refractivity contribution in [2.24, 2.45) is 0 Å². The first-order chi connectivity index (χ1) is 9.74. The molecule has 0 aliphatic carbocycles. The Kier molecular flexibility index (Phi) is 14.4. The fourth-order valence-corrected chi connectivity index (χ4v) is 2.33. The molecule has 0 aliphatic heterocycles. The predicted molar refractivity (Wildman–Crippen MR) is 87.8 cm³/mol. The van der Waals surface area contributed by atoms with E-state index in [1.54, 1.807) is 0 Å². The zero-order valence-corrected chi connectivity index (χ0v) is 14.0. The summed E-state index contributed by atoms with van der Waals surface area (Å²) < 4.78 is 0. The Hall–Kier alpha value is -0.570. The average Bonchev–Trinajstić information content (AvgIpc) is 2.46. The highest BCUT2D eigenvalue weighted by molar-refractivity contribution is 5.75. The van der Waals surface area contributed by atoms with Gasteiger partial charge in [0.25, 0.3) is 0 Å². The first kappa shape index (κ1) is 19.4. The number of carbonyl (C=O) groups is 1. The van der Waals surface area contributed by atoms with Crippen LogP contribution in [0.2, 0.25) is 0 Å². The summed E-state index contributed by atoms with van der Waals surface area (Å²) in [6.45, 7) is 9.19. The van der Waals surface area contributed by atoms with Gasteiger partial charge in [0.1, 0.15) is 0 Å². The number of hydrogen-bond donors (Lipinski definition) is 1. The van der Waals surface area contributed by atoms with Crippen molar-refractivity contribution in [3.63, 3.8) is 0 Å². The Bertz CT molecular complexity index is 215. The van der Waals surface area contributed by atoms with Gasteiger partial charge in [-0.15, -0.1) is 0 Å². The summed E-state index contributed by atoms with van der Waals surface area (Å²) >= 11 is 0. The number of nitrogens with zero attached hydrogens (tertiary/aromatic N) is 1. The largest absolute Gasteiger partial charge is 0.343 e. The van der Waals surface area contributed by atoms with Crippen LogP contribution in [0, 0.1) is 0 Å². The van der Waals surface area contributed by atoms with Crippen LogP contribution in [-0.2, 0) is 4.79 Å². The summed E-state index contributed by atoms with van der Waals surface area (Å²) in [6.07, 6.45) is 12.4. The standard InChI is InChI=1S/C17H36N2O/c1-4-7-8-9-10-11-12-13-14-15-17(20)18-16-19(5-2)6-3/h4-16H2,1-3H3,(H,18,20). The van der Waals surface area contributed by atoms with Crippen LogP contribution in [0.15, 0.2) is 0 Å². The lowest BCUT2D eigenvalue weighted by Crippen LogP contribution is -2.37. The van der Waals surface area contributed by atoms with Gasteiger partial charge in [0.05, 0.1) is 6.67 Å². The van der Waals surface area contributed by atoms with E-state index in [-0.39, 0.29) is 5.91 Å². The van der Waals surface area contributed by atoms with Crippen LogP contribution in [0.4, 0.5) is 0 Å². The lowest BCUT2D eigenvalue weighted by atomic mass is 10.1. The maximum absolute atomic E-state index is 11.6. The monoisotopic (exact) mass is 284 g/mol. The van der Waals surface area contributed by atoms with E-state index in [0.29, 0.717) is 13.1 Å². The van der Waals surface area contributed by atoms with Crippen molar-refractivity contribution in [3.8, 4) is 0 Å². The molecule has 0 aliphatic rings. The maximum Gasteiger partial charge on any atom is 0.220 e. The highest BCUT2D eigenvalue weighted by Gasteiger charge is 2.03. The fourth-order valence-electron chi connectivity index (χ4n) is 2.33. The van der Waals surface area contributed by atoms with Crippen molar-refractivity contribution in [1.82, 2.24) is 10.2 Å². The molecule has 0 aromatic carbocycles. The minimum Gasteiger partial charge on any atom is -0.343 e. The van der Waals surface area contributed by atoms with E-state index < -0.39 is 0 Å². The van der Waals surface area contributed by atoms with Crippen molar-refractivity contribution in [2.45, 2.75) is 85.0 Å². The van der Waals surface area contributed by atoms with E-state index in [1.807, 2.05) is 0 Å². The summed E-state index contributed by atoms with van der Waals surface area (Å²) in [7, 11) is 0. The van der Waals surface area contributed by atoms with E-state index in [9.17, 15) is 4.79 Å². The molecule has 0 unspecified atom stereocenters. The van der Waals surface area contributed by atoms with Gasteiger partial charge < -0.3 is 5.32 Å². The van der Waals surface area contributed by atoms with Gasteiger partial charge in [0, 0.05) is 6.42 Å². The molecule has 1 amide bonds. The van der Waals surface area contributed by atoms with Gasteiger partial charge in [0.15, 0.2) is 0 Å². The van der Waals surface area contributed by atoms with Crippen LogP contribution in [0.3, 0.4) is 0 Å². The molecule has 3 nitrogen and oxygen atoms in total. The molecule has 0 saturated heterocycles. The second kappa shape index (κ2) is 14.8. The second-order valence-corrected chi connectivity index (χ2v) is 5.64. The normalized spacial score (nSPS) is 11.0. The number of nitrogens with one attached hydrogen (secondary N) is 1. The zero-order chi connectivity index (χ0) is 15.1. The number of amides is 1. The molecule has 0 aromatic rings. The van der Waals surface area contributed by atoms with Crippen molar-refractivity contribution in [2.75, 3.05) is 19.8 Å². The van der Waals surface area contributed by atoms with Gasteiger partial charge in [-0.2, -0.15) is 0 Å². The minimum absolute atomic E-state index is 0.208. The summed E-state index contributed by atoms with van der Waals surface area (Å²) in [4.78, 5) is 13.9. The summed E-state index contributed by atoms with van der Waals surface area (Å²) in [5.74, 6) is 0.208. The topological polar surface area (TPSA) is 32.3 Å². The van der Waals surface area contributed by atoms with Gasteiger partial charge in [-0.3, -0.25) is 9.69 Å². The molecule has 0 aromatic heterocycles. The summed E-state index contributed by atoms with van der Waals surface area (Å²) in [5, 5.41) is 3.00. The second-order valence-electron chi connectivity index (χ2n) is 5.64. The predicted octanol–water partition coefficient (Wildman–Crippen LogP) is 4.32. The van der Waals surface area contributed by atoms with Crippen molar-refractivity contribution in [3.05, 3.63) is 0 Å². The SMILES string of the molecule is CCCCCCCCCCCC(=O)NCN(CC)CC. The Balaban J connectivity index is 3.27. The van der Waals surface area contributed by atoms with Crippen molar-refractivity contribution in [1.29, 1.82) is 0 Å². The zero-order valence-electron chi connectivity index (χ0n) is 14.0. The van der Waals surface area contributed by atoms with Crippen LogP contribution >= 0.6 is 0 Å². The Morgan fingerprint density at radius 3 is 1.80 bits per heavy atom. The number of unbranched alkanes of at least 4 members (excludes halogenated alkanes) is 8. The molecule has 120 valence electrons. The smallest absolute Gasteiger partial charge is 0.220 e. The van der Waals surface area contributed by atoms with Gasteiger partial charge >= 0.3 is 0 Å². The first-order valence-electron chi connectivity index (χ1n) is 8.73. The van der Waals surface area contributed by atoms with Crippen molar-refractivity contribution < 1.29 is 4.79 Å². The average molecular weight is 284 g/mol. The maximum atomic E-state index is 11.6. The lowest BCUT2D eigenvalue weighted by Gasteiger charge is -2.18. The van der Waals surface area contributed by atoms with Crippen molar-refractivity contribution >= 4 is 5.91 Å². The highest BCUT2D eigenvalue weighted by Crippen LogP contribution is 2.10. The quantitative estimate of drug-likeness (QED) is 0.380. The van der Waals surface area contributed by atoms with Gasteiger partial charge in [-0.1, -0.05) is 72.1 Å². The van der Waals surface area contributed by atoms with E-state index in [2.05, 4.69) is 31.0 Å². The van der Waals surface area contributed by atoms with E-state index in [0.717, 1.165) is 19.5 Å². The lowest BCUT2D eigenvalue weighted by molar-refractivity contribution is -0.121. The molecule has 1 N–H and O–H groups in total. The molecular weight excluding hydrogens is 248 g/mol. The molecule has 0 heterocycles. The van der Waals surface area contributed by atoms with Gasteiger partial charge in [-0.05, 0) is 19.5 Å². The third-order valence-corrected chi connectivity index (χ3v) is 3.90. The number of hydrogen-bond acceptors (Lipinski definition) is 2. The van der Waals surface area contributed by atoms with Gasteiger partial charge in [-0.25, -0.2) is 0 Å². The van der Waals surface area contributed by atoms with Crippen LogP contribution in [0.25, 0.3) is 0 Å². The Morgan fingerprint density at radius 2 is 1.30 bits per heavy atom. The molecule has 0 atom stereocenters. The molecule has 0 saturated carbocycles. The molecule has 20 heavy (non-hydrogen) atoms. The van der Waals surface area contributed by atoms with Crippen LogP contribution < -0.4 is 5.32 Å². The summed E-state index contributed by atoms with van der Waals surface area (Å²) in [6, 6.07) is 0. The summed E-state index contributed by atoms with van der Waals surface area (Å²) in [5.41, 5.74) is 0. The number of carbonyl (C=O) groups excluding carboxylic acids is 1. The fraction of sp³-hybridized carbons (Fsp3) is 0.941. The Morgan fingerprint density at radius 1 is 0.800 bits per heavy atom. The molecule has 0 fully saturated rings. The van der Waals surface area contributed by atoms with Gasteiger partial charge in [0.2, 0.25) is 5.91 Å². The Labute approximate surface area is 126 Å². The molecule has 3 heteroatoms. The van der Waals surface area contributed by atoms with Crippen LogP contribution in [0.5, 0.6) is 0 Å². The number of rotatable bonds is 14. The molecule has 0 bridgehead atoms. The molecule has 0 spiro atoms. The van der Waals surface area contributed by atoms with Crippen LogP contribution in [0.1, 0.15) is 85.0 Å². The third kappa shape index (κ3) is 12.5. The van der Waals surface area contributed by atoms with E-state index >= 15 is 0 Å². The van der Waals surface area contributed by atoms with Crippen LogP contribution in [-0.4, -0.2) is 30.6 Å². The highest BCUT2D eigenvalue weighted by atomic mass is 16.1. The van der Waals surface area contributed by atoms with E-state index in [4.69, 9.17) is 0 Å². The van der Waals surface area contributed by atoms with E-state index in [1.165, 1.54) is 51.4 Å². The first-order valence-corrected chi connectivity index (χ1v) is 8.73. The molecule has 0 rings (SSSR count). The molecule has 0 radical (unpaired) electrons. The molecular formula is C17H36N2O. The minimum atomic E-state index is 0.208. The third-order valence-electron chi connectivity index (χ3n) is 3.90.